The Kier molecular flexibility index (Phi) is 5.14. The van der Waals surface area contributed by atoms with Crippen molar-refractivity contribution in [3.05, 3.63) is 88.0 Å². The molecule has 0 saturated heterocycles. The predicted molar refractivity (Wildman–Crippen MR) is 117 cm³/mol. The number of phenols is 2. The van der Waals surface area contributed by atoms with E-state index in [0.29, 0.717) is 11.1 Å². The number of hydrazone groups is 1. The minimum atomic E-state index is -0.320. The third-order valence-corrected chi connectivity index (χ3v) is 5.39. The maximum Gasteiger partial charge on any atom is 0.271 e. The van der Waals surface area contributed by atoms with Crippen molar-refractivity contribution < 1.29 is 15.0 Å². The molecule has 3 aromatic carbocycles. The van der Waals surface area contributed by atoms with E-state index in [2.05, 4.69) is 41.4 Å². The molecule has 0 saturated carbocycles. The van der Waals surface area contributed by atoms with Gasteiger partial charge in [-0.15, -0.1) is 0 Å². The zero-order valence-electron chi connectivity index (χ0n) is 16.9. The monoisotopic (exact) mass is 401 g/mol. The van der Waals surface area contributed by atoms with Gasteiger partial charge in [0.25, 0.3) is 5.91 Å². The number of anilines is 1. The number of carbonyl (C=O) groups is 1. The van der Waals surface area contributed by atoms with Gasteiger partial charge in [-0.2, -0.15) is 5.10 Å². The van der Waals surface area contributed by atoms with E-state index in [4.69, 9.17) is 0 Å². The topological polar surface area (TPSA) is 85.2 Å². The quantitative estimate of drug-likeness (QED) is 0.350. The first kappa shape index (κ1) is 19.5. The number of nitrogens with one attached hydrogen (secondary N) is 1. The summed E-state index contributed by atoms with van der Waals surface area (Å²) >= 11 is 0. The summed E-state index contributed by atoms with van der Waals surface area (Å²) in [4.78, 5) is 14.8. The first-order chi connectivity index (χ1) is 14.4. The lowest BCUT2D eigenvalue weighted by Crippen LogP contribution is -2.19. The van der Waals surface area contributed by atoms with Crippen LogP contribution in [-0.2, 0) is 13.1 Å². The van der Waals surface area contributed by atoms with Crippen LogP contribution in [0.2, 0.25) is 0 Å². The highest BCUT2D eigenvalue weighted by molar-refractivity contribution is 5.95. The smallest absolute Gasteiger partial charge is 0.271 e. The zero-order valence-corrected chi connectivity index (χ0v) is 16.9. The SMILES string of the molecule is Cc1cc2c(cc1C)CN(c1cccc(C(=O)NN=Cc3ccc(O)c(O)c3)c1)C2. The Bertz CT molecular complexity index is 1120. The zero-order chi connectivity index (χ0) is 21.3. The van der Waals surface area contributed by atoms with Crippen LogP contribution in [0.15, 0.2) is 59.7 Å². The Labute approximate surface area is 175 Å². The largest absolute Gasteiger partial charge is 0.504 e. The summed E-state index contributed by atoms with van der Waals surface area (Å²) < 4.78 is 0. The predicted octanol–water partition coefficient (Wildman–Crippen LogP) is 4.00. The van der Waals surface area contributed by atoms with E-state index >= 15 is 0 Å². The van der Waals surface area contributed by atoms with Gasteiger partial charge in [0.1, 0.15) is 0 Å². The van der Waals surface area contributed by atoms with Crippen molar-refractivity contribution in [2.24, 2.45) is 5.10 Å². The number of hydrogen-bond donors (Lipinski definition) is 3. The first-order valence-electron chi connectivity index (χ1n) is 9.70. The van der Waals surface area contributed by atoms with Gasteiger partial charge in [0.15, 0.2) is 11.5 Å². The van der Waals surface area contributed by atoms with Crippen molar-refractivity contribution >= 4 is 17.8 Å². The molecule has 1 heterocycles. The number of nitrogens with zero attached hydrogens (tertiary/aromatic N) is 2. The van der Waals surface area contributed by atoms with Gasteiger partial charge in [0.2, 0.25) is 0 Å². The highest BCUT2D eigenvalue weighted by Gasteiger charge is 2.20. The molecule has 4 rings (SSSR count). The van der Waals surface area contributed by atoms with E-state index in [0.717, 1.165) is 18.8 Å². The number of rotatable bonds is 4. The average molecular weight is 401 g/mol. The van der Waals surface area contributed by atoms with Crippen LogP contribution in [0.4, 0.5) is 5.69 Å². The summed E-state index contributed by atoms with van der Waals surface area (Å²) in [7, 11) is 0. The number of amides is 1. The molecule has 1 aliphatic rings. The third kappa shape index (κ3) is 3.98. The molecule has 6 nitrogen and oxygen atoms in total. The number of phenolic OH excluding ortho intramolecular Hbond substituents is 2. The molecule has 6 heteroatoms. The van der Waals surface area contributed by atoms with E-state index in [1.165, 1.54) is 40.6 Å². The molecule has 0 atom stereocenters. The molecule has 1 aliphatic heterocycles. The second kappa shape index (κ2) is 7.91. The Hall–Kier alpha value is -3.80. The summed E-state index contributed by atoms with van der Waals surface area (Å²) in [5, 5.41) is 22.8. The first-order valence-corrected chi connectivity index (χ1v) is 9.70. The highest BCUT2D eigenvalue weighted by Crippen LogP contribution is 2.30. The second-order valence-corrected chi connectivity index (χ2v) is 7.56. The number of hydrogen-bond acceptors (Lipinski definition) is 5. The third-order valence-electron chi connectivity index (χ3n) is 5.39. The molecule has 0 fully saturated rings. The number of fused-ring (bicyclic) bond motifs is 1. The van der Waals surface area contributed by atoms with Gasteiger partial charge >= 0.3 is 0 Å². The van der Waals surface area contributed by atoms with Crippen LogP contribution in [0.3, 0.4) is 0 Å². The summed E-state index contributed by atoms with van der Waals surface area (Å²) in [6.07, 6.45) is 1.41. The molecule has 30 heavy (non-hydrogen) atoms. The molecule has 3 N–H and O–H groups in total. The average Bonchev–Trinajstić information content (AvgIpc) is 3.13. The van der Waals surface area contributed by atoms with Crippen LogP contribution in [0.1, 0.15) is 38.2 Å². The normalized spacial score (nSPS) is 12.9. The molecule has 0 spiro atoms. The number of aromatic hydroxyl groups is 2. The Morgan fingerprint density at radius 3 is 2.33 bits per heavy atom. The van der Waals surface area contributed by atoms with Gasteiger partial charge in [-0.1, -0.05) is 18.2 Å². The maximum atomic E-state index is 12.5. The number of aryl methyl sites for hydroxylation is 2. The van der Waals surface area contributed by atoms with Crippen LogP contribution in [0.5, 0.6) is 11.5 Å². The van der Waals surface area contributed by atoms with E-state index in [-0.39, 0.29) is 17.4 Å². The molecule has 1 amide bonds. The summed E-state index contributed by atoms with van der Waals surface area (Å²) in [5.41, 5.74) is 9.80. The lowest BCUT2D eigenvalue weighted by atomic mass is 10.0. The molecule has 0 bridgehead atoms. The molecule has 3 aromatic rings. The Morgan fingerprint density at radius 1 is 0.967 bits per heavy atom. The van der Waals surface area contributed by atoms with Crippen LogP contribution < -0.4 is 10.3 Å². The summed E-state index contributed by atoms with van der Waals surface area (Å²) in [5.74, 6) is -0.767. The summed E-state index contributed by atoms with van der Waals surface area (Å²) in [6, 6.07) is 16.3. The standard InChI is InChI=1S/C24H23N3O3/c1-15-8-19-13-27(14-20(19)9-16(15)2)21-5-3-4-18(11-21)24(30)26-25-12-17-6-7-22(28)23(29)10-17/h3-12,28-29H,13-14H2,1-2H3,(H,26,30). The molecule has 0 aromatic heterocycles. The highest BCUT2D eigenvalue weighted by atomic mass is 16.3. The van der Waals surface area contributed by atoms with Crippen LogP contribution in [-0.4, -0.2) is 22.3 Å². The van der Waals surface area contributed by atoms with E-state index in [1.807, 2.05) is 18.2 Å². The van der Waals surface area contributed by atoms with E-state index < -0.39 is 0 Å². The van der Waals surface area contributed by atoms with E-state index in [9.17, 15) is 15.0 Å². The molecular weight excluding hydrogens is 378 g/mol. The number of carbonyl (C=O) groups excluding carboxylic acids is 1. The lowest BCUT2D eigenvalue weighted by Gasteiger charge is -2.18. The Balaban J connectivity index is 1.45. The van der Waals surface area contributed by atoms with Gasteiger partial charge in [0, 0.05) is 24.3 Å². The van der Waals surface area contributed by atoms with Crippen LogP contribution in [0, 0.1) is 13.8 Å². The van der Waals surface area contributed by atoms with Crippen LogP contribution >= 0.6 is 0 Å². The minimum Gasteiger partial charge on any atom is -0.504 e. The van der Waals surface area contributed by atoms with Crippen molar-refractivity contribution in [2.45, 2.75) is 26.9 Å². The van der Waals surface area contributed by atoms with Crippen LogP contribution in [0.25, 0.3) is 0 Å². The molecule has 152 valence electrons. The van der Waals surface area contributed by atoms with Crippen molar-refractivity contribution in [2.75, 3.05) is 4.90 Å². The van der Waals surface area contributed by atoms with Crippen molar-refractivity contribution in [3.63, 3.8) is 0 Å². The van der Waals surface area contributed by atoms with Crippen molar-refractivity contribution in [1.82, 2.24) is 5.43 Å². The molecule has 0 aliphatic carbocycles. The van der Waals surface area contributed by atoms with Gasteiger partial charge in [-0.05, 0) is 78.1 Å². The van der Waals surface area contributed by atoms with E-state index in [1.54, 1.807) is 12.1 Å². The van der Waals surface area contributed by atoms with Gasteiger partial charge in [-0.25, -0.2) is 5.43 Å². The fourth-order valence-electron chi connectivity index (χ4n) is 3.57. The van der Waals surface area contributed by atoms with Crippen molar-refractivity contribution in [3.8, 4) is 11.5 Å². The fourth-order valence-corrected chi connectivity index (χ4v) is 3.57. The van der Waals surface area contributed by atoms with Crippen molar-refractivity contribution in [1.29, 1.82) is 0 Å². The number of benzene rings is 3. The molecule has 0 radical (unpaired) electrons. The van der Waals surface area contributed by atoms with Gasteiger partial charge in [0.05, 0.1) is 6.21 Å². The second-order valence-electron chi connectivity index (χ2n) is 7.56. The lowest BCUT2D eigenvalue weighted by molar-refractivity contribution is 0.0955. The molecule has 0 unspecified atom stereocenters. The fraction of sp³-hybridized carbons (Fsp3) is 0.167. The van der Waals surface area contributed by atoms with Gasteiger partial charge < -0.3 is 15.1 Å². The minimum absolute atomic E-state index is 0.206. The maximum absolute atomic E-state index is 12.5. The van der Waals surface area contributed by atoms with Gasteiger partial charge in [-0.3, -0.25) is 4.79 Å². The molecular formula is C24H23N3O3. The summed E-state index contributed by atoms with van der Waals surface area (Å²) in [6.45, 7) is 5.90. The Morgan fingerprint density at radius 2 is 1.67 bits per heavy atom.